The number of carbonyl (C=O) groups excluding carboxylic acids is 1. The molecule has 0 radical (unpaired) electrons. The van der Waals surface area contributed by atoms with E-state index in [2.05, 4.69) is 10.3 Å². The molecular weight excluding hydrogens is 601 g/mol. The Labute approximate surface area is 240 Å². The number of fused-ring (bicyclic) bond motifs is 1. The minimum atomic E-state index is -5.18. The van der Waals surface area contributed by atoms with Crippen LogP contribution in [0, 0.1) is 0 Å². The van der Waals surface area contributed by atoms with Crippen LogP contribution >= 0.6 is 23.2 Å². The van der Waals surface area contributed by atoms with E-state index >= 15 is 0 Å². The van der Waals surface area contributed by atoms with Crippen LogP contribution in [-0.4, -0.2) is 46.7 Å². The maximum atomic E-state index is 13.0. The molecule has 220 valence electrons. The van der Waals surface area contributed by atoms with Gasteiger partial charge in [0.1, 0.15) is 11.4 Å². The largest absolute Gasteiger partial charge is 0.484 e. The number of carbonyl (C=O) groups is 1. The molecule has 0 fully saturated rings. The van der Waals surface area contributed by atoms with Gasteiger partial charge < -0.3 is 19.9 Å². The third-order valence-corrected chi connectivity index (χ3v) is 6.64. The van der Waals surface area contributed by atoms with Crippen LogP contribution < -0.4 is 14.8 Å². The molecule has 0 aliphatic carbocycles. The highest BCUT2D eigenvalue weighted by Gasteiger charge is 2.45. The molecule has 14 heteroatoms. The Bertz CT molecular complexity index is 1450. The smallest absolute Gasteiger partial charge is 0.423 e. The van der Waals surface area contributed by atoms with E-state index < -0.39 is 42.6 Å². The average molecular weight is 623 g/mol. The van der Waals surface area contributed by atoms with Gasteiger partial charge in [0.2, 0.25) is 12.0 Å². The summed E-state index contributed by atoms with van der Waals surface area (Å²) in [6.45, 7) is 1.82. The first kappa shape index (κ1) is 30.7. The predicted octanol–water partition coefficient (Wildman–Crippen LogP) is 7.31. The van der Waals surface area contributed by atoms with E-state index in [0.717, 1.165) is 0 Å². The van der Waals surface area contributed by atoms with Crippen molar-refractivity contribution in [1.82, 2.24) is 10.3 Å². The van der Waals surface area contributed by atoms with Crippen molar-refractivity contribution in [3.05, 3.63) is 64.1 Å². The van der Waals surface area contributed by atoms with Crippen LogP contribution in [0.15, 0.2) is 48.5 Å². The summed E-state index contributed by atoms with van der Waals surface area (Å²) in [5, 5.41) is 12.3. The Morgan fingerprint density at radius 2 is 1.76 bits per heavy atom. The molecule has 0 unspecified atom stereocenters. The number of hydrogen-bond donors (Lipinski definition) is 2. The van der Waals surface area contributed by atoms with Crippen LogP contribution in [0.25, 0.3) is 22.4 Å². The van der Waals surface area contributed by atoms with Crippen LogP contribution in [0.1, 0.15) is 31.9 Å². The first-order valence-electron chi connectivity index (χ1n) is 12.0. The van der Waals surface area contributed by atoms with Crippen molar-refractivity contribution in [2.24, 2.45) is 0 Å². The summed E-state index contributed by atoms with van der Waals surface area (Å²) >= 11 is 12.5. The summed E-state index contributed by atoms with van der Waals surface area (Å²) in [4.78, 5) is 16.9. The molecule has 41 heavy (non-hydrogen) atoms. The Kier molecular flexibility index (Phi) is 8.41. The second-order valence-electron chi connectivity index (χ2n) is 9.90. The third kappa shape index (κ3) is 7.35. The predicted molar refractivity (Wildman–Crippen MR) is 139 cm³/mol. The molecular formula is C27H22Cl2F6N2O4. The first-order valence-corrected chi connectivity index (χ1v) is 12.7. The summed E-state index contributed by atoms with van der Waals surface area (Å²) in [6, 6.07) is 10.7. The Morgan fingerprint density at radius 1 is 1.10 bits per heavy atom. The zero-order valence-electron chi connectivity index (χ0n) is 21.3. The monoisotopic (exact) mass is 622 g/mol. The molecule has 0 saturated heterocycles. The van der Waals surface area contributed by atoms with E-state index in [1.165, 1.54) is 36.4 Å². The molecule has 0 bridgehead atoms. The van der Waals surface area contributed by atoms with Gasteiger partial charge in [0.25, 0.3) is 5.91 Å². The minimum Gasteiger partial charge on any atom is -0.484 e. The van der Waals surface area contributed by atoms with E-state index in [0.29, 0.717) is 21.7 Å². The number of hydrogen-bond acceptors (Lipinski definition) is 5. The number of pyridine rings is 1. The molecule has 1 aliphatic heterocycles. The Morgan fingerprint density at radius 3 is 2.34 bits per heavy atom. The summed E-state index contributed by atoms with van der Waals surface area (Å²) in [6.07, 6.45) is -12.9. The molecule has 0 spiro atoms. The summed E-state index contributed by atoms with van der Waals surface area (Å²) < 4.78 is 87.5. The summed E-state index contributed by atoms with van der Waals surface area (Å²) in [7, 11) is 0. The number of nitrogens with zero attached hydrogens (tertiary/aromatic N) is 1. The summed E-state index contributed by atoms with van der Waals surface area (Å²) in [5.74, 6) is -1.70. The van der Waals surface area contributed by atoms with Crippen molar-refractivity contribution >= 4 is 29.1 Å². The van der Waals surface area contributed by atoms with Gasteiger partial charge in [0.15, 0.2) is 6.61 Å². The SMILES string of the molecule is CC1(C)C[C@@H](NC(=O)[C@H](O)C(F)(F)F)c2cc(-c3ccc(OCC(F)(F)F)cc3)c(-c3ccc(Cl)cc3Cl)nc2O1. The van der Waals surface area contributed by atoms with E-state index in [1.54, 1.807) is 26.0 Å². The van der Waals surface area contributed by atoms with Gasteiger partial charge in [-0.1, -0.05) is 35.3 Å². The lowest BCUT2D eigenvalue weighted by atomic mass is 9.88. The van der Waals surface area contributed by atoms with Gasteiger partial charge in [-0.2, -0.15) is 26.3 Å². The molecule has 2 heterocycles. The zero-order valence-corrected chi connectivity index (χ0v) is 22.8. The number of amides is 1. The Balaban J connectivity index is 1.83. The molecule has 1 amide bonds. The molecule has 6 nitrogen and oxygen atoms in total. The van der Waals surface area contributed by atoms with Crippen molar-refractivity contribution in [2.45, 2.75) is 50.4 Å². The maximum absolute atomic E-state index is 13.0. The fourth-order valence-corrected chi connectivity index (χ4v) is 4.78. The highest BCUT2D eigenvalue weighted by molar-refractivity contribution is 6.36. The number of alkyl halides is 6. The Hall–Kier alpha value is -3.22. The molecule has 2 N–H and O–H groups in total. The number of nitrogens with one attached hydrogen (secondary N) is 1. The zero-order chi connectivity index (χ0) is 30.3. The van der Waals surface area contributed by atoms with Gasteiger partial charge in [0, 0.05) is 28.1 Å². The van der Waals surface area contributed by atoms with Crippen molar-refractivity contribution in [2.75, 3.05) is 6.61 Å². The number of halogens is 8. The number of aromatic nitrogens is 1. The van der Waals surface area contributed by atoms with Gasteiger partial charge in [0.05, 0.1) is 16.8 Å². The second kappa shape index (κ2) is 11.2. The fraction of sp³-hybridized carbons (Fsp3) is 0.333. The van der Waals surface area contributed by atoms with Crippen LogP contribution in [0.4, 0.5) is 26.3 Å². The lowest BCUT2D eigenvalue weighted by Crippen LogP contribution is -2.48. The van der Waals surface area contributed by atoms with E-state index in [1.807, 2.05) is 0 Å². The van der Waals surface area contributed by atoms with Gasteiger partial charge >= 0.3 is 12.4 Å². The highest BCUT2D eigenvalue weighted by Crippen LogP contribution is 2.45. The molecule has 4 rings (SSSR count). The van der Waals surface area contributed by atoms with E-state index in [-0.39, 0.29) is 34.3 Å². The van der Waals surface area contributed by atoms with Crippen molar-refractivity contribution < 1.29 is 45.7 Å². The van der Waals surface area contributed by atoms with E-state index in [9.17, 15) is 36.2 Å². The third-order valence-electron chi connectivity index (χ3n) is 6.09. The maximum Gasteiger partial charge on any atom is 0.423 e. The molecule has 1 aliphatic rings. The van der Waals surface area contributed by atoms with Gasteiger partial charge in [-0.15, -0.1) is 0 Å². The summed E-state index contributed by atoms with van der Waals surface area (Å²) in [5.41, 5.74) is 0.716. The molecule has 0 saturated carbocycles. The lowest BCUT2D eigenvalue weighted by molar-refractivity contribution is -0.205. The van der Waals surface area contributed by atoms with Crippen LogP contribution in [0.2, 0.25) is 10.0 Å². The second-order valence-corrected chi connectivity index (χ2v) is 10.7. The number of aliphatic hydroxyl groups is 1. The van der Waals surface area contributed by atoms with Crippen molar-refractivity contribution in [3.63, 3.8) is 0 Å². The quantitative estimate of drug-likeness (QED) is 0.282. The standard InChI is InChI=1S/C27H22Cl2F6N2O4/c1-25(2)11-20(36-23(39)22(38)27(33,34)35)18-10-17(13-3-6-15(7-4-13)40-12-26(30,31)32)21(37-24(18)41-25)16-8-5-14(28)9-19(16)29/h3-10,20,22,38H,11-12H2,1-2H3,(H,36,39)/t20-,22+/m1/s1. The first-order chi connectivity index (χ1) is 18.9. The minimum absolute atomic E-state index is 0.00273. The van der Waals surface area contributed by atoms with Crippen LogP contribution in [-0.2, 0) is 4.79 Å². The number of aliphatic hydroxyl groups excluding tert-OH is 1. The normalized spacial score (nSPS) is 17.3. The number of benzene rings is 2. The fourth-order valence-electron chi connectivity index (χ4n) is 4.28. The number of rotatable bonds is 6. The molecule has 1 aromatic heterocycles. The highest BCUT2D eigenvalue weighted by atomic mass is 35.5. The van der Waals surface area contributed by atoms with Gasteiger partial charge in [-0.25, -0.2) is 4.98 Å². The molecule has 2 atom stereocenters. The lowest BCUT2D eigenvalue weighted by Gasteiger charge is -2.38. The van der Waals surface area contributed by atoms with Gasteiger partial charge in [-0.3, -0.25) is 4.79 Å². The number of ether oxygens (including phenoxy) is 2. The van der Waals surface area contributed by atoms with Crippen LogP contribution in [0.3, 0.4) is 0 Å². The van der Waals surface area contributed by atoms with Crippen molar-refractivity contribution in [1.29, 1.82) is 0 Å². The van der Waals surface area contributed by atoms with E-state index in [4.69, 9.17) is 32.7 Å². The average Bonchev–Trinajstić information content (AvgIpc) is 2.85. The molecule has 2 aromatic carbocycles. The van der Waals surface area contributed by atoms with Gasteiger partial charge in [-0.05, 0) is 55.8 Å². The topological polar surface area (TPSA) is 80.7 Å². The van der Waals surface area contributed by atoms with Crippen molar-refractivity contribution in [3.8, 4) is 34.0 Å². The molecule has 3 aromatic rings. The van der Waals surface area contributed by atoms with Crippen LogP contribution in [0.5, 0.6) is 11.6 Å².